The largest absolute Gasteiger partial charge is 0.507 e. The number of aromatic hydroxyl groups is 1. The van der Waals surface area contributed by atoms with Crippen molar-refractivity contribution in [1.29, 1.82) is 0 Å². The predicted octanol–water partition coefficient (Wildman–Crippen LogP) is 5.87. The molecule has 8 nitrogen and oxygen atoms in total. The summed E-state index contributed by atoms with van der Waals surface area (Å²) >= 11 is 5.17. The minimum atomic E-state index is -4.69. The maximum Gasteiger partial charge on any atom is 0.416 e. The standard InChI is InChI=1S/C37H35F3O8S/c1-4-10-28-30(17-16-26(22(2)41)34(28)43)46-18-8-6-5-7-13-33(36(3,45)23-11-9-12-24(19-23)37(38,39)40)48-35(44)32-21-29(42)27-15-14-25(49)20-31(27)47-32/h5-7,9,11-13,15-17,19-21,33,43,45H,4,8,10,14,18H2,1-3H3/b6-5-,13-7+/t33-,36+/m0/s1. The topological polar surface area (TPSA) is 123 Å². The molecule has 2 aromatic carbocycles. The van der Waals surface area contributed by atoms with E-state index in [9.17, 15) is 37.8 Å². The lowest BCUT2D eigenvalue weighted by Gasteiger charge is -2.31. The second kappa shape index (κ2) is 15.6. The number of halogens is 3. The van der Waals surface area contributed by atoms with Gasteiger partial charge in [-0.1, -0.05) is 62.0 Å². The minimum Gasteiger partial charge on any atom is -0.507 e. The van der Waals surface area contributed by atoms with Gasteiger partial charge >= 0.3 is 12.1 Å². The van der Waals surface area contributed by atoms with Crippen LogP contribution in [0.15, 0.2) is 76.0 Å². The number of ether oxygens (including phenoxy) is 2. The summed E-state index contributed by atoms with van der Waals surface area (Å²) in [5.41, 5.74) is -3.03. The van der Waals surface area contributed by atoms with Gasteiger partial charge in [0, 0.05) is 22.9 Å². The van der Waals surface area contributed by atoms with Crippen molar-refractivity contribution in [3.63, 3.8) is 0 Å². The smallest absolute Gasteiger partial charge is 0.416 e. The van der Waals surface area contributed by atoms with Crippen molar-refractivity contribution in [1.82, 2.24) is 0 Å². The number of rotatable bonds is 13. The third-order valence-corrected chi connectivity index (χ3v) is 8.05. The van der Waals surface area contributed by atoms with Gasteiger partial charge in [-0.15, -0.1) is 0 Å². The van der Waals surface area contributed by atoms with Gasteiger partial charge in [-0.3, -0.25) is 9.59 Å². The number of carbonyl (C=O) groups excluding carboxylic acids is 2. The van der Waals surface area contributed by atoms with Crippen LogP contribution in [0.1, 0.15) is 77.6 Å². The number of thiocarbonyl (C=S) groups is 1. The summed E-state index contributed by atoms with van der Waals surface area (Å²) in [5.74, 6) is -1.53. The van der Waals surface area contributed by atoms with E-state index in [0.29, 0.717) is 35.4 Å². The van der Waals surface area contributed by atoms with Crippen molar-refractivity contribution in [2.75, 3.05) is 6.61 Å². The molecule has 0 bridgehead atoms. The second-order valence-electron chi connectivity index (χ2n) is 11.5. The number of alkyl halides is 3. The SMILES string of the molecule is CCCc1c(OCC/C=C\C=C\[C@H](OC(=O)c2cc(=O)c3c(o2)=CC(=S)CC=3)[C@](C)(O)c2cccc(C(F)(F)F)c2)ccc(C(C)=O)c1O. The highest BCUT2D eigenvalue weighted by Crippen LogP contribution is 2.35. The van der Waals surface area contributed by atoms with Gasteiger partial charge in [-0.05, 0) is 68.7 Å². The van der Waals surface area contributed by atoms with E-state index in [-0.39, 0.29) is 39.9 Å². The Kier molecular flexibility index (Phi) is 11.8. The van der Waals surface area contributed by atoms with E-state index >= 15 is 0 Å². The highest BCUT2D eigenvalue weighted by atomic mass is 32.1. The third-order valence-electron chi connectivity index (χ3n) is 7.77. The average molecular weight is 697 g/mol. The van der Waals surface area contributed by atoms with Crippen LogP contribution in [-0.2, 0) is 22.9 Å². The number of carbonyl (C=O) groups is 2. The zero-order valence-electron chi connectivity index (χ0n) is 27.0. The van der Waals surface area contributed by atoms with Crippen molar-refractivity contribution >= 4 is 41.0 Å². The van der Waals surface area contributed by atoms with Gasteiger partial charge in [0.25, 0.3) is 0 Å². The first kappa shape index (κ1) is 37.0. The van der Waals surface area contributed by atoms with E-state index < -0.39 is 40.6 Å². The molecule has 0 radical (unpaired) electrons. The molecule has 4 rings (SSSR count). The normalized spacial score (nSPS) is 14.9. The number of benzene rings is 2. The molecular weight excluding hydrogens is 661 g/mol. The number of hydrogen-bond donors (Lipinski definition) is 2. The van der Waals surface area contributed by atoms with Crippen LogP contribution in [0.4, 0.5) is 13.2 Å². The average Bonchev–Trinajstić information content (AvgIpc) is 3.04. The fourth-order valence-corrected chi connectivity index (χ4v) is 5.32. The van der Waals surface area contributed by atoms with Crippen molar-refractivity contribution in [3.8, 4) is 11.5 Å². The minimum absolute atomic E-state index is 0.0735. The molecule has 1 aliphatic carbocycles. The molecule has 0 unspecified atom stereocenters. The summed E-state index contributed by atoms with van der Waals surface area (Å²) in [6.07, 6.45) is 4.78. The molecule has 0 amide bonds. The summed E-state index contributed by atoms with van der Waals surface area (Å²) in [6.45, 7) is 4.71. The van der Waals surface area contributed by atoms with Crippen LogP contribution in [0, 0.1) is 0 Å². The highest BCUT2D eigenvalue weighted by Gasteiger charge is 2.38. The van der Waals surface area contributed by atoms with Crippen LogP contribution < -0.4 is 20.8 Å². The number of allylic oxidation sites excluding steroid dienone is 2. The lowest BCUT2D eigenvalue weighted by atomic mass is 9.88. The van der Waals surface area contributed by atoms with Gasteiger partial charge in [0.2, 0.25) is 5.76 Å². The van der Waals surface area contributed by atoms with Crippen LogP contribution in [0.5, 0.6) is 11.5 Å². The molecule has 2 atom stereocenters. The summed E-state index contributed by atoms with van der Waals surface area (Å²) in [4.78, 5) is 38.2. The Morgan fingerprint density at radius 1 is 1.12 bits per heavy atom. The molecule has 1 aromatic heterocycles. The Labute approximate surface area is 285 Å². The van der Waals surface area contributed by atoms with Crippen LogP contribution >= 0.6 is 12.2 Å². The van der Waals surface area contributed by atoms with E-state index in [2.05, 4.69) is 0 Å². The molecule has 258 valence electrons. The number of phenols is 1. The lowest BCUT2D eigenvalue weighted by molar-refractivity contribution is -0.137. The number of aliphatic hydroxyl groups is 1. The summed E-state index contributed by atoms with van der Waals surface area (Å²) in [7, 11) is 0. The molecule has 0 spiro atoms. The van der Waals surface area contributed by atoms with Crippen molar-refractivity contribution in [3.05, 3.63) is 116 Å². The first-order chi connectivity index (χ1) is 23.1. The number of fused-ring (bicyclic) bond motifs is 1. The molecule has 49 heavy (non-hydrogen) atoms. The van der Waals surface area contributed by atoms with Gasteiger partial charge in [0.15, 0.2) is 17.3 Å². The van der Waals surface area contributed by atoms with E-state index in [1.807, 2.05) is 6.92 Å². The first-order valence-corrected chi connectivity index (χ1v) is 15.9. The number of ketones is 1. The van der Waals surface area contributed by atoms with Gasteiger partial charge < -0.3 is 24.1 Å². The van der Waals surface area contributed by atoms with E-state index in [1.54, 1.807) is 24.3 Å². The van der Waals surface area contributed by atoms with Gasteiger partial charge in [0.05, 0.1) is 23.0 Å². The number of esters is 1. The molecule has 0 fully saturated rings. The van der Waals surface area contributed by atoms with Crippen molar-refractivity contribution in [2.24, 2.45) is 0 Å². The molecule has 0 aliphatic heterocycles. The fraction of sp³-hybridized carbons (Fsp3) is 0.297. The van der Waals surface area contributed by atoms with Gasteiger partial charge in [0.1, 0.15) is 22.5 Å². The van der Waals surface area contributed by atoms with Crippen LogP contribution in [0.25, 0.3) is 12.2 Å². The molecule has 1 aliphatic rings. The Balaban J connectivity index is 1.56. The Bertz CT molecular complexity index is 1990. The summed E-state index contributed by atoms with van der Waals surface area (Å²) in [6, 6.07) is 8.10. The molecule has 0 saturated heterocycles. The van der Waals surface area contributed by atoms with E-state index in [0.717, 1.165) is 30.7 Å². The van der Waals surface area contributed by atoms with Crippen molar-refractivity contribution < 1.29 is 46.9 Å². The number of Topliss-reactive ketones (excluding diaryl/α,β-unsaturated/α-hetero) is 1. The summed E-state index contributed by atoms with van der Waals surface area (Å²) in [5, 5.41) is 22.3. The molecular formula is C37H35F3O8S. The molecule has 0 saturated carbocycles. The fourth-order valence-electron chi connectivity index (χ4n) is 5.13. The van der Waals surface area contributed by atoms with E-state index in [1.165, 1.54) is 44.2 Å². The van der Waals surface area contributed by atoms with Gasteiger partial charge in [-0.25, -0.2) is 4.79 Å². The zero-order valence-corrected chi connectivity index (χ0v) is 27.8. The van der Waals surface area contributed by atoms with E-state index in [4.69, 9.17) is 26.1 Å². The second-order valence-corrected chi connectivity index (χ2v) is 12.0. The Morgan fingerprint density at radius 2 is 1.86 bits per heavy atom. The van der Waals surface area contributed by atoms with Crippen LogP contribution in [0.2, 0.25) is 0 Å². The molecule has 12 heteroatoms. The molecule has 3 aromatic rings. The number of phenolic OH excluding ortho intramolecular Hbond substituents is 1. The predicted molar refractivity (Wildman–Crippen MR) is 181 cm³/mol. The number of hydrogen-bond acceptors (Lipinski definition) is 9. The highest BCUT2D eigenvalue weighted by molar-refractivity contribution is 7.81. The Hall–Kier alpha value is -4.81. The van der Waals surface area contributed by atoms with Crippen LogP contribution in [0.3, 0.4) is 0 Å². The van der Waals surface area contributed by atoms with Gasteiger partial charge in [-0.2, -0.15) is 13.2 Å². The maximum absolute atomic E-state index is 13.5. The molecule has 2 N–H and O–H groups in total. The maximum atomic E-state index is 13.5. The summed E-state index contributed by atoms with van der Waals surface area (Å²) < 4.78 is 57.5. The van der Waals surface area contributed by atoms with Crippen LogP contribution in [-0.4, -0.2) is 39.5 Å². The molecule has 1 heterocycles. The zero-order chi connectivity index (χ0) is 35.9. The van der Waals surface area contributed by atoms with Crippen molar-refractivity contribution in [2.45, 2.75) is 64.3 Å². The third kappa shape index (κ3) is 9.01. The lowest BCUT2D eigenvalue weighted by Crippen LogP contribution is -2.43. The quantitative estimate of drug-likeness (QED) is 0.0743. The monoisotopic (exact) mass is 696 g/mol. The first-order valence-electron chi connectivity index (χ1n) is 15.4. The Morgan fingerprint density at radius 3 is 2.55 bits per heavy atom.